The van der Waals surface area contributed by atoms with Crippen molar-refractivity contribution in [2.45, 2.75) is 25.4 Å². The van der Waals surface area contributed by atoms with Gasteiger partial charge in [-0.3, -0.25) is 9.69 Å². The summed E-state index contributed by atoms with van der Waals surface area (Å²) in [5, 5.41) is 0. The maximum absolute atomic E-state index is 11.9. The third-order valence-corrected chi connectivity index (χ3v) is 4.34. The molecule has 1 atom stereocenters. The number of carbonyl (C=O) groups is 1. The number of hydrogen-bond donors (Lipinski definition) is 0. The number of benzene rings is 2. The van der Waals surface area contributed by atoms with Gasteiger partial charge >= 0.3 is 0 Å². The van der Waals surface area contributed by atoms with Crippen molar-refractivity contribution in [1.82, 2.24) is 4.90 Å². The minimum atomic E-state index is -0.0361. The molecule has 0 heterocycles. The second kappa shape index (κ2) is 8.29. The highest BCUT2D eigenvalue weighted by atomic mass is 127. The van der Waals surface area contributed by atoms with E-state index in [0.29, 0.717) is 0 Å². The summed E-state index contributed by atoms with van der Waals surface area (Å²) in [5.74, 6) is 0. The molecule has 0 aromatic heterocycles. The third kappa shape index (κ3) is 5.25. The number of aryl methyl sites for hydroxylation is 1. The fourth-order valence-electron chi connectivity index (χ4n) is 2.44. The van der Waals surface area contributed by atoms with Crippen LogP contribution in [0.2, 0.25) is 0 Å². The van der Waals surface area contributed by atoms with Crippen LogP contribution in [0.1, 0.15) is 17.5 Å². The summed E-state index contributed by atoms with van der Waals surface area (Å²) in [6.45, 7) is 0.801. The highest BCUT2D eigenvalue weighted by molar-refractivity contribution is 14.1. The predicted octanol–water partition coefficient (Wildman–Crippen LogP) is 4.08. The monoisotopic (exact) mass is 393 g/mol. The standard InChI is InChI=1S/C18H20INO/c1-20(14-16-10-6-3-7-11-16)17(18(19)21)13-12-15-8-4-2-5-9-15/h2-11,17H,12-14H2,1H3. The van der Waals surface area contributed by atoms with E-state index in [2.05, 4.69) is 29.2 Å². The van der Waals surface area contributed by atoms with Crippen LogP contribution in [-0.2, 0) is 17.8 Å². The van der Waals surface area contributed by atoms with Crippen LogP contribution in [0.4, 0.5) is 0 Å². The van der Waals surface area contributed by atoms with E-state index < -0.39 is 0 Å². The minimum absolute atomic E-state index is 0.0361. The van der Waals surface area contributed by atoms with Crippen LogP contribution in [0.5, 0.6) is 0 Å². The van der Waals surface area contributed by atoms with E-state index in [1.807, 2.05) is 66.0 Å². The highest BCUT2D eigenvalue weighted by Crippen LogP contribution is 2.15. The molecule has 2 nitrogen and oxygen atoms in total. The molecule has 2 aromatic carbocycles. The molecule has 0 radical (unpaired) electrons. The molecule has 1 unspecified atom stereocenters. The predicted molar refractivity (Wildman–Crippen MR) is 95.5 cm³/mol. The largest absolute Gasteiger partial charge is 0.292 e. The Morgan fingerprint density at radius 3 is 2.05 bits per heavy atom. The summed E-state index contributed by atoms with van der Waals surface area (Å²) in [5.41, 5.74) is 2.52. The van der Waals surface area contributed by atoms with Crippen molar-refractivity contribution in [2.24, 2.45) is 0 Å². The topological polar surface area (TPSA) is 20.3 Å². The number of halogens is 1. The highest BCUT2D eigenvalue weighted by Gasteiger charge is 2.20. The molecule has 0 aliphatic heterocycles. The van der Waals surface area contributed by atoms with Gasteiger partial charge in [0, 0.05) is 29.1 Å². The second-order valence-electron chi connectivity index (χ2n) is 5.24. The van der Waals surface area contributed by atoms with E-state index in [4.69, 9.17) is 0 Å². The van der Waals surface area contributed by atoms with Gasteiger partial charge in [-0.2, -0.15) is 0 Å². The number of likely N-dealkylation sites (N-methyl/N-ethyl adjacent to an activating group) is 1. The first-order valence-corrected chi connectivity index (χ1v) is 8.22. The third-order valence-electron chi connectivity index (χ3n) is 3.62. The summed E-state index contributed by atoms with van der Waals surface area (Å²) in [6.07, 6.45) is 1.79. The van der Waals surface area contributed by atoms with Crippen molar-refractivity contribution in [2.75, 3.05) is 7.05 Å². The number of hydrogen-bond acceptors (Lipinski definition) is 2. The Morgan fingerprint density at radius 2 is 1.52 bits per heavy atom. The molecule has 0 saturated heterocycles. The molecule has 0 amide bonds. The van der Waals surface area contributed by atoms with Crippen LogP contribution < -0.4 is 0 Å². The maximum Gasteiger partial charge on any atom is 0.209 e. The van der Waals surface area contributed by atoms with Crippen LogP contribution >= 0.6 is 22.6 Å². The molecule has 0 bridgehead atoms. The molecule has 0 N–H and O–H groups in total. The van der Waals surface area contributed by atoms with Crippen LogP contribution in [-0.4, -0.2) is 21.8 Å². The van der Waals surface area contributed by atoms with Crippen molar-refractivity contribution in [1.29, 1.82) is 0 Å². The lowest BCUT2D eigenvalue weighted by molar-refractivity contribution is -0.114. The van der Waals surface area contributed by atoms with E-state index in [0.717, 1.165) is 19.4 Å². The Labute approximate surface area is 140 Å². The molecule has 0 fully saturated rings. The first-order valence-electron chi connectivity index (χ1n) is 7.14. The van der Waals surface area contributed by atoms with Crippen LogP contribution in [0, 0.1) is 0 Å². The van der Waals surface area contributed by atoms with Gasteiger partial charge in [-0.25, -0.2) is 0 Å². The smallest absolute Gasteiger partial charge is 0.209 e. The quantitative estimate of drug-likeness (QED) is 0.522. The van der Waals surface area contributed by atoms with Crippen LogP contribution in [0.15, 0.2) is 60.7 Å². The molecule has 21 heavy (non-hydrogen) atoms. The van der Waals surface area contributed by atoms with Gasteiger partial charge < -0.3 is 0 Å². The molecule has 2 aromatic rings. The Balaban J connectivity index is 1.96. The van der Waals surface area contributed by atoms with Gasteiger partial charge in [0.2, 0.25) is 3.79 Å². The molecule has 3 heteroatoms. The van der Waals surface area contributed by atoms with Gasteiger partial charge in [0.25, 0.3) is 0 Å². The summed E-state index contributed by atoms with van der Waals surface area (Å²) in [7, 11) is 2.03. The molecule has 110 valence electrons. The van der Waals surface area contributed by atoms with Crippen molar-refractivity contribution in [3.63, 3.8) is 0 Å². The average Bonchev–Trinajstić information content (AvgIpc) is 2.49. The van der Waals surface area contributed by atoms with Crippen LogP contribution in [0.3, 0.4) is 0 Å². The summed E-state index contributed by atoms with van der Waals surface area (Å²) >= 11 is 1.92. The Kier molecular flexibility index (Phi) is 6.39. The van der Waals surface area contributed by atoms with Crippen molar-refractivity contribution in [3.8, 4) is 0 Å². The van der Waals surface area contributed by atoms with Gasteiger partial charge in [-0.05, 0) is 31.0 Å². The second-order valence-corrected chi connectivity index (χ2v) is 6.31. The SMILES string of the molecule is CN(Cc1ccccc1)C(CCc1ccccc1)C(=O)I. The van der Waals surface area contributed by atoms with Gasteiger partial charge in [-0.15, -0.1) is 0 Å². The zero-order chi connectivity index (χ0) is 15.1. The van der Waals surface area contributed by atoms with E-state index in [-0.39, 0.29) is 9.83 Å². The molecule has 2 rings (SSSR count). The Hall–Kier alpha value is -1.20. The summed E-state index contributed by atoms with van der Waals surface area (Å²) in [4.78, 5) is 14.1. The van der Waals surface area contributed by atoms with Crippen molar-refractivity contribution < 1.29 is 4.79 Å². The maximum atomic E-state index is 11.9. The molecular formula is C18H20INO. The van der Waals surface area contributed by atoms with E-state index in [1.165, 1.54) is 11.1 Å². The van der Waals surface area contributed by atoms with Gasteiger partial charge in [0.1, 0.15) is 0 Å². The van der Waals surface area contributed by atoms with Gasteiger partial charge in [0.05, 0.1) is 6.04 Å². The molecule has 0 aliphatic carbocycles. The summed E-state index contributed by atoms with van der Waals surface area (Å²) < 4.78 is 0.210. The fourth-order valence-corrected chi connectivity index (χ4v) is 3.22. The van der Waals surface area contributed by atoms with Gasteiger partial charge in [0.15, 0.2) is 0 Å². The van der Waals surface area contributed by atoms with Crippen molar-refractivity contribution in [3.05, 3.63) is 71.8 Å². The zero-order valence-corrected chi connectivity index (χ0v) is 14.4. The van der Waals surface area contributed by atoms with E-state index >= 15 is 0 Å². The molecule has 0 spiro atoms. The Morgan fingerprint density at radius 1 is 1.00 bits per heavy atom. The fraction of sp³-hybridized carbons (Fsp3) is 0.278. The first kappa shape index (κ1) is 16.2. The van der Waals surface area contributed by atoms with Crippen molar-refractivity contribution >= 4 is 26.4 Å². The van der Waals surface area contributed by atoms with Crippen LogP contribution in [0.25, 0.3) is 0 Å². The summed E-state index contributed by atoms with van der Waals surface area (Å²) in [6, 6.07) is 20.6. The molecular weight excluding hydrogens is 373 g/mol. The van der Waals surface area contributed by atoms with E-state index in [9.17, 15) is 4.79 Å². The zero-order valence-electron chi connectivity index (χ0n) is 12.2. The molecule has 0 aliphatic rings. The van der Waals surface area contributed by atoms with Gasteiger partial charge in [-0.1, -0.05) is 60.7 Å². The lowest BCUT2D eigenvalue weighted by Gasteiger charge is -2.25. The lowest BCUT2D eigenvalue weighted by atomic mass is 10.0. The Bertz CT molecular complexity index is 556. The lowest BCUT2D eigenvalue weighted by Crippen LogP contribution is -2.36. The van der Waals surface area contributed by atoms with E-state index in [1.54, 1.807) is 0 Å². The number of rotatable bonds is 7. The number of carbonyl (C=O) groups excluding carboxylic acids is 1. The first-order chi connectivity index (χ1) is 10.2. The minimum Gasteiger partial charge on any atom is -0.292 e. The molecule has 0 saturated carbocycles. The normalized spacial score (nSPS) is 12.3. The average molecular weight is 393 g/mol. The number of nitrogens with zero attached hydrogens (tertiary/aromatic N) is 1.